The van der Waals surface area contributed by atoms with E-state index in [4.69, 9.17) is 11.6 Å². The predicted octanol–water partition coefficient (Wildman–Crippen LogP) is 4.34. The van der Waals surface area contributed by atoms with Crippen LogP contribution < -0.4 is 0 Å². The number of hydrogen-bond acceptors (Lipinski definition) is 3. The Hall–Kier alpha value is -1.16. The van der Waals surface area contributed by atoms with E-state index in [1.54, 1.807) is 11.3 Å². The van der Waals surface area contributed by atoms with Gasteiger partial charge in [0, 0.05) is 16.4 Å². The van der Waals surface area contributed by atoms with Crippen molar-refractivity contribution in [1.82, 2.24) is 4.90 Å². The number of halogens is 1. The second kappa shape index (κ2) is 7.02. The molecule has 1 atom stereocenters. The lowest BCUT2D eigenvalue weighted by Crippen LogP contribution is -2.25. The van der Waals surface area contributed by atoms with Gasteiger partial charge in [0.15, 0.2) is 0 Å². The van der Waals surface area contributed by atoms with Crippen LogP contribution in [0.15, 0.2) is 35.7 Å². The largest absolute Gasteiger partial charge is 0.301 e. The first-order chi connectivity index (χ1) is 9.67. The van der Waals surface area contributed by atoms with E-state index in [9.17, 15) is 4.79 Å². The standard InChI is InChI=1S/C16H18ClNOS/c1-3-16-12(8-9-20-16)10-18(2)15(11-19)13-6-4-5-7-14(13)17/h4-9,11,15H,3,10H2,1-2H3. The number of rotatable bonds is 6. The summed E-state index contributed by atoms with van der Waals surface area (Å²) < 4.78 is 0. The second-order valence-corrected chi connectivity index (χ2v) is 6.15. The Morgan fingerprint density at radius 1 is 1.35 bits per heavy atom. The van der Waals surface area contributed by atoms with Crippen molar-refractivity contribution in [3.05, 3.63) is 56.7 Å². The molecule has 2 rings (SSSR count). The smallest absolute Gasteiger partial charge is 0.141 e. The highest BCUT2D eigenvalue weighted by Gasteiger charge is 2.19. The third-order valence-corrected chi connectivity index (χ3v) is 4.86. The minimum absolute atomic E-state index is 0.312. The van der Waals surface area contributed by atoms with E-state index in [2.05, 4.69) is 18.4 Å². The van der Waals surface area contributed by atoms with Gasteiger partial charge >= 0.3 is 0 Å². The number of benzene rings is 1. The van der Waals surface area contributed by atoms with Crippen LogP contribution in [0.4, 0.5) is 0 Å². The van der Waals surface area contributed by atoms with E-state index in [1.807, 2.05) is 36.2 Å². The van der Waals surface area contributed by atoms with Gasteiger partial charge in [-0.05, 0) is 42.1 Å². The van der Waals surface area contributed by atoms with Gasteiger partial charge in [-0.2, -0.15) is 0 Å². The quantitative estimate of drug-likeness (QED) is 0.740. The molecular weight excluding hydrogens is 290 g/mol. The summed E-state index contributed by atoms with van der Waals surface area (Å²) in [4.78, 5) is 14.9. The van der Waals surface area contributed by atoms with E-state index in [0.717, 1.165) is 24.8 Å². The predicted molar refractivity (Wildman–Crippen MR) is 85.4 cm³/mol. The van der Waals surface area contributed by atoms with Crippen LogP contribution in [0, 0.1) is 0 Å². The highest BCUT2D eigenvalue weighted by Crippen LogP contribution is 2.27. The molecule has 0 spiro atoms. The van der Waals surface area contributed by atoms with Crippen molar-refractivity contribution in [2.24, 2.45) is 0 Å². The lowest BCUT2D eigenvalue weighted by Gasteiger charge is -2.24. The van der Waals surface area contributed by atoms with Gasteiger partial charge in [-0.1, -0.05) is 36.7 Å². The van der Waals surface area contributed by atoms with Crippen LogP contribution in [0.3, 0.4) is 0 Å². The SMILES string of the molecule is CCc1sccc1CN(C)C(C=O)c1ccccc1Cl. The van der Waals surface area contributed by atoms with Crippen LogP contribution in [0.2, 0.25) is 5.02 Å². The molecule has 0 fully saturated rings. The number of nitrogens with zero attached hydrogens (tertiary/aromatic N) is 1. The second-order valence-electron chi connectivity index (χ2n) is 4.74. The minimum atomic E-state index is -0.312. The van der Waals surface area contributed by atoms with Crippen LogP contribution >= 0.6 is 22.9 Å². The Balaban J connectivity index is 2.20. The van der Waals surface area contributed by atoms with Crippen molar-refractivity contribution in [2.75, 3.05) is 7.05 Å². The molecule has 0 aliphatic carbocycles. The topological polar surface area (TPSA) is 20.3 Å². The van der Waals surface area contributed by atoms with Gasteiger partial charge in [0.05, 0.1) is 6.04 Å². The fraction of sp³-hybridized carbons (Fsp3) is 0.312. The van der Waals surface area contributed by atoms with Crippen molar-refractivity contribution >= 4 is 29.2 Å². The lowest BCUT2D eigenvalue weighted by molar-refractivity contribution is -0.112. The number of thiophene rings is 1. The summed E-state index contributed by atoms with van der Waals surface area (Å²) >= 11 is 7.97. The molecule has 0 aliphatic rings. The zero-order chi connectivity index (χ0) is 14.5. The number of aryl methyl sites for hydroxylation is 1. The third-order valence-electron chi connectivity index (χ3n) is 3.41. The van der Waals surface area contributed by atoms with E-state index in [-0.39, 0.29) is 6.04 Å². The molecule has 2 nitrogen and oxygen atoms in total. The van der Waals surface area contributed by atoms with Crippen molar-refractivity contribution in [3.8, 4) is 0 Å². The fourth-order valence-electron chi connectivity index (χ4n) is 2.31. The number of likely N-dealkylation sites (N-methyl/N-ethyl adjacent to an activating group) is 1. The maximum atomic E-state index is 11.5. The Morgan fingerprint density at radius 2 is 2.10 bits per heavy atom. The first-order valence-electron chi connectivity index (χ1n) is 6.62. The lowest BCUT2D eigenvalue weighted by atomic mass is 10.1. The normalized spacial score (nSPS) is 12.6. The third kappa shape index (κ3) is 3.29. The average Bonchev–Trinajstić information content (AvgIpc) is 2.89. The summed E-state index contributed by atoms with van der Waals surface area (Å²) in [6, 6.07) is 9.34. The highest BCUT2D eigenvalue weighted by atomic mass is 35.5. The first-order valence-corrected chi connectivity index (χ1v) is 7.88. The van der Waals surface area contributed by atoms with Crippen LogP contribution in [-0.2, 0) is 17.8 Å². The average molecular weight is 308 g/mol. The molecule has 0 saturated heterocycles. The Morgan fingerprint density at radius 3 is 2.75 bits per heavy atom. The zero-order valence-electron chi connectivity index (χ0n) is 11.7. The molecule has 0 amide bonds. The summed E-state index contributed by atoms with van der Waals surface area (Å²) in [5.41, 5.74) is 2.15. The highest BCUT2D eigenvalue weighted by molar-refractivity contribution is 7.10. The van der Waals surface area contributed by atoms with Gasteiger partial charge in [-0.15, -0.1) is 11.3 Å². The van der Waals surface area contributed by atoms with Crippen molar-refractivity contribution < 1.29 is 4.79 Å². The van der Waals surface area contributed by atoms with E-state index in [0.29, 0.717) is 5.02 Å². The van der Waals surface area contributed by atoms with Gasteiger partial charge in [0.1, 0.15) is 6.29 Å². The molecule has 1 unspecified atom stereocenters. The number of carbonyl (C=O) groups excluding carboxylic acids is 1. The summed E-state index contributed by atoms with van der Waals surface area (Å²) in [7, 11) is 1.96. The summed E-state index contributed by atoms with van der Waals surface area (Å²) in [6.07, 6.45) is 1.98. The van der Waals surface area contributed by atoms with Crippen LogP contribution in [0.5, 0.6) is 0 Å². The molecule has 4 heteroatoms. The van der Waals surface area contributed by atoms with Gasteiger partial charge in [0.2, 0.25) is 0 Å². The first kappa shape index (κ1) is 15.2. The fourth-order valence-corrected chi connectivity index (χ4v) is 3.41. The summed E-state index contributed by atoms with van der Waals surface area (Å²) in [5.74, 6) is 0. The zero-order valence-corrected chi connectivity index (χ0v) is 13.2. The van der Waals surface area contributed by atoms with Crippen molar-refractivity contribution in [3.63, 3.8) is 0 Å². The monoisotopic (exact) mass is 307 g/mol. The molecule has 1 aromatic heterocycles. The molecule has 0 saturated carbocycles. The minimum Gasteiger partial charge on any atom is -0.301 e. The molecule has 20 heavy (non-hydrogen) atoms. The molecule has 2 aromatic rings. The van der Waals surface area contributed by atoms with Crippen LogP contribution in [0.1, 0.15) is 29.0 Å². The number of carbonyl (C=O) groups is 1. The molecular formula is C16H18ClNOS. The van der Waals surface area contributed by atoms with Crippen LogP contribution in [-0.4, -0.2) is 18.2 Å². The van der Waals surface area contributed by atoms with Crippen molar-refractivity contribution in [1.29, 1.82) is 0 Å². The van der Waals surface area contributed by atoms with Gasteiger partial charge in [0.25, 0.3) is 0 Å². The van der Waals surface area contributed by atoms with E-state index in [1.165, 1.54) is 10.4 Å². The van der Waals surface area contributed by atoms with Crippen LogP contribution in [0.25, 0.3) is 0 Å². The van der Waals surface area contributed by atoms with Gasteiger partial charge < -0.3 is 4.79 Å². The Kier molecular flexibility index (Phi) is 5.35. The van der Waals surface area contributed by atoms with Gasteiger partial charge in [-0.25, -0.2) is 0 Å². The molecule has 1 heterocycles. The molecule has 1 aromatic carbocycles. The summed E-state index contributed by atoms with van der Waals surface area (Å²) in [5, 5.41) is 2.74. The molecule has 0 radical (unpaired) electrons. The molecule has 106 valence electrons. The Bertz CT molecular complexity index is 581. The van der Waals surface area contributed by atoms with E-state index >= 15 is 0 Å². The molecule has 0 N–H and O–H groups in total. The van der Waals surface area contributed by atoms with E-state index < -0.39 is 0 Å². The van der Waals surface area contributed by atoms with Crippen molar-refractivity contribution in [2.45, 2.75) is 25.9 Å². The number of aldehydes is 1. The molecule has 0 aliphatic heterocycles. The maximum Gasteiger partial charge on any atom is 0.141 e. The molecule has 0 bridgehead atoms. The summed E-state index contributed by atoms with van der Waals surface area (Å²) in [6.45, 7) is 2.90. The maximum absolute atomic E-state index is 11.5. The number of hydrogen-bond donors (Lipinski definition) is 0. The Labute approximate surface area is 129 Å². The van der Waals surface area contributed by atoms with Gasteiger partial charge in [-0.3, -0.25) is 4.90 Å².